The molecule has 0 aliphatic carbocycles. The van der Waals surface area contributed by atoms with Gasteiger partial charge in [0.1, 0.15) is 0 Å². The first kappa shape index (κ1) is 8.85. The molecule has 15 heavy (non-hydrogen) atoms. The zero-order valence-corrected chi connectivity index (χ0v) is 8.82. The Morgan fingerprint density at radius 3 is 3.27 bits per heavy atom. The van der Waals surface area contributed by atoms with Crippen LogP contribution < -0.4 is 5.32 Å². The van der Waals surface area contributed by atoms with Gasteiger partial charge in [-0.2, -0.15) is 5.10 Å². The summed E-state index contributed by atoms with van der Waals surface area (Å²) in [7, 11) is 0. The molecule has 78 valence electrons. The van der Waals surface area contributed by atoms with Crippen molar-refractivity contribution in [3.8, 4) is 0 Å². The number of hydrogen-bond donors (Lipinski definition) is 1. The topological polar surface area (TPSA) is 42.2 Å². The molecule has 0 fully saturated rings. The van der Waals surface area contributed by atoms with Crippen molar-refractivity contribution in [2.24, 2.45) is 0 Å². The summed E-state index contributed by atoms with van der Waals surface area (Å²) in [6.45, 7) is 4.09. The van der Waals surface area contributed by atoms with Crippen LogP contribution in [0.5, 0.6) is 0 Å². The molecule has 1 aliphatic rings. The molecule has 0 atom stereocenters. The summed E-state index contributed by atoms with van der Waals surface area (Å²) >= 11 is 0. The monoisotopic (exact) mass is 202 g/mol. The van der Waals surface area contributed by atoms with Gasteiger partial charge >= 0.3 is 0 Å². The minimum Gasteiger partial charge on any atom is -0.312 e. The van der Waals surface area contributed by atoms with Crippen LogP contribution in [-0.2, 0) is 19.4 Å². The lowest BCUT2D eigenvalue weighted by Gasteiger charge is -2.17. The molecular formula is C11H14N4. The number of aryl methyl sites for hydroxylation is 1. The molecule has 4 nitrogen and oxygen atoms in total. The lowest BCUT2D eigenvalue weighted by molar-refractivity contribution is 0.610. The van der Waals surface area contributed by atoms with Crippen LogP contribution >= 0.6 is 0 Å². The minimum atomic E-state index is 0.916. The third kappa shape index (κ3) is 1.25. The quantitative estimate of drug-likeness (QED) is 0.748. The number of fused-ring (bicyclic) bond motifs is 3. The summed E-state index contributed by atoms with van der Waals surface area (Å²) in [5.41, 5.74) is 4.85. The van der Waals surface area contributed by atoms with E-state index in [1.165, 1.54) is 16.8 Å². The molecule has 1 aliphatic heterocycles. The van der Waals surface area contributed by atoms with E-state index >= 15 is 0 Å². The molecule has 2 aromatic rings. The second kappa shape index (κ2) is 3.31. The highest BCUT2D eigenvalue weighted by atomic mass is 15.3. The van der Waals surface area contributed by atoms with Crippen molar-refractivity contribution >= 4 is 5.65 Å². The molecule has 0 amide bonds. The first-order valence-corrected chi connectivity index (χ1v) is 5.44. The fraction of sp³-hybridized carbons (Fsp3) is 0.455. The Kier molecular flexibility index (Phi) is 1.95. The summed E-state index contributed by atoms with van der Waals surface area (Å²) < 4.78 is 2.01. The van der Waals surface area contributed by atoms with Crippen LogP contribution in [0.2, 0.25) is 0 Å². The molecule has 0 bridgehead atoms. The lowest BCUT2D eigenvalue weighted by Crippen LogP contribution is -2.26. The number of hydrogen-bond acceptors (Lipinski definition) is 3. The van der Waals surface area contributed by atoms with Crippen LogP contribution in [0.1, 0.15) is 23.7 Å². The third-order valence-electron chi connectivity index (χ3n) is 3.02. The van der Waals surface area contributed by atoms with Crippen LogP contribution in [0.3, 0.4) is 0 Å². The maximum absolute atomic E-state index is 4.49. The van der Waals surface area contributed by atoms with Crippen molar-refractivity contribution in [2.45, 2.75) is 26.3 Å². The van der Waals surface area contributed by atoms with Crippen molar-refractivity contribution in [3.05, 3.63) is 29.2 Å². The van der Waals surface area contributed by atoms with Crippen LogP contribution in [0.4, 0.5) is 0 Å². The standard InChI is InChI=1S/C11H14N4/c1-2-8-7-14-15-10-3-4-12-5-9(10)6-13-11(8)15/h6-7,12H,2-5H2,1H3. The van der Waals surface area contributed by atoms with Crippen molar-refractivity contribution < 1.29 is 0 Å². The van der Waals surface area contributed by atoms with E-state index in [-0.39, 0.29) is 0 Å². The van der Waals surface area contributed by atoms with Crippen molar-refractivity contribution in [1.29, 1.82) is 0 Å². The molecule has 0 radical (unpaired) electrons. The van der Waals surface area contributed by atoms with Crippen LogP contribution in [0.15, 0.2) is 12.4 Å². The molecule has 3 heterocycles. The Morgan fingerprint density at radius 1 is 1.47 bits per heavy atom. The van der Waals surface area contributed by atoms with Gasteiger partial charge in [-0.3, -0.25) is 0 Å². The lowest BCUT2D eigenvalue weighted by atomic mass is 10.1. The van der Waals surface area contributed by atoms with Crippen LogP contribution in [0, 0.1) is 0 Å². The Hall–Kier alpha value is -1.42. The smallest absolute Gasteiger partial charge is 0.158 e. The van der Waals surface area contributed by atoms with Gasteiger partial charge in [0.25, 0.3) is 0 Å². The molecule has 3 rings (SSSR count). The Balaban J connectivity index is 2.28. The maximum atomic E-state index is 4.49. The van der Waals surface area contributed by atoms with Gasteiger partial charge in [0, 0.05) is 36.8 Å². The van der Waals surface area contributed by atoms with Crippen molar-refractivity contribution in [3.63, 3.8) is 0 Å². The highest BCUT2D eigenvalue weighted by Gasteiger charge is 2.14. The molecule has 0 saturated carbocycles. The predicted molar refractivity (Wildman–Crippen MR) is 57.8 cm³/mol. The van der Waals surface area contributed by atoms with E-state index in [4.69, 9.17) is 0 Å². The maximum Gasteiger partial charge on any atom is 0.158 e. The van der Waals surface area contributed by atoms with Gasteiger partial charge in [0.15, 0.2) is 5.65 Å². The first-order valence-electron chi connectivity index (χ1n) is 5.44. The average molecular weight is 202 g/mol. The molecule has 0 saturated heterocycles. The van der Waals surface area contributed by atoms with E-state index in [0.717, 1.165) is 31.6 Å². The largest absolute Gasteiger partial charge is 0.312 e. The predicted octanol–water partition coefficient (Wildman–Crippen LogP) is 0.937. The van der Waals surface area contributed by atoms with Gasteiger partial charge < -0.3 is 5.32 Å². The van der Waals surface area contributed by atoms with E-state index in [9.17, 15) is 0 Å². The van der Waals surface area contributed by atoms with Crippen LogP contribution in [-0.4, -0.2) is 21.1 Å². The second-order valence-electron chi connectivity index (χ2n) is 3.92. The molecule has 4 heteroatoms. The zero-order chi connectivity index (χ0) is 10.3. The molecule has 0 unspecified atom stereocenters. The fourth-order valence-corrected chi connectivity index (χ4v) is 2.15. The van der Waals surface area contributed by atoms with Crippen LogP contribution in [0.25, 0.3) is 5.65 Å². The van der Waals surface area contributed by atoms with Gasteiger partial charge in [-0.1, -0.05) is 6.92 Å². The van der Waals surface area contributed by atoms with E-state index in [1.807, 2.05) is 16.9 Å². The molecule has 2 aromatic heterocycles. The van der Waals surface area contributed by atoms with Gasteiger partial charge in [0.2, 0.25) is 0 Å². The summed E-state index contributed by atoms with van der Waals surface area (Å²) in [5, 5.41) is 7.77. The first-order chi connectivity index (χ1) is 7.40. The summed E-state index contributed by atoms with van der Waals surface area (Å²) in [6, 6.07) is 0. The molecule has 0 aromatic carbocycles. The number of rotatable bonds is 1. The average Bonchev–Trinajstić information content (AvgIpc) is 2.72. The van der Waals surface area contributed by atoms with E-state index in [1.54, 1.807) is 0 Å². The molecule has 1 N–H and O–H groups in total. The summed E-state index contributed by atoms with van der Waals surface area (Å²) in [5.74, 6) is 0. The number of nitrogens with zero attached hydrogens (tertiary/aromatic N) is 3. The van der Waals surface area contributed by atoms with Gasteiger partial charge in [-0.25, -0.2) is 9.50 Å². The summed E-state index contributed by atoms with van der Waals surface area (Å²) in [6.07, 6.45) is 5.95. The zero-order valence-electron chi connectivity index (χ0n) is 8.82. The normalized spacial score (nSPS) is 15.5. The Bertz CT molecular complexity index is 501. The van der Waals surface area contributed by atoms with Crippen molar-refractivity contribution in [1.82, 2.24) is 19.9 Å². The number of aromatic nitrogens is 3. The third-order valence-corrected chi connectivity index (χ3v) is 3.02. The Morgan fingerprint density at radius 2 is 2.40 bits per heavy atom. The summed E-state index contributed by atoms with van der Waals surface area (Å²) in [4.78, 5) is 4.49. The van der Waals surface area contributed by atoms with Gasteiger partial charge in [0.05, 0.1) is 11.9 Å². The minimum absolute atomic E-state index is 0.916. The van der Waals surface area contributed by atoms with Gasteiger partial charge in [-0.15, -0.1) is 0 Å². The van der Waals surface area contributed by atoms with Gasteiger partial charge in [-0.05, 0) is 6.42 Å². The van der Waals surface area contributed by atoms with E-state index in [2.05, 4.69) is 22.3 Å². The van der Waals surface area contributed by atoms with E-state index in [0.29, 0.717) is 0 Å². The highest BCUT2D eigenvalue weighted by Crippen LogP contribution is 2.16. The molecular weight excluding hydrogens is 188 g/mol. The molecule has 0 spiro atoms. The second-order valence-corrected chi connectivity index (χ2v) is 3.92. The van der Waals surface area contributed by atoms with E-state index < -0.39 is 0 Å². The Labute approximate surface area is 88.3 Å². The highest BCUT2D eigenvalue weighted by molar-refractivity contribution is 5.48. The fourth-order valence-electron chi connectivity index (χ4n) is 2.15. The SMILES string of the molecule is CCc1cnn2c3c(cnc12)CNCC3. The van der Waals surface area contributed by atoms with Crippen molar-refractivity contribution in [2.75, 3.05) is 6.54 Å². The number of nitrogens with one attached hydrogen (secondary N) is 1.